The van der Waals surface area contributed by atoms with Crippen molar-refractivity contribution in [2.24, 2.45) is 0 Å². The average Bonchev–Trinajstić information content (AvgIpc) is 2.93. The number of esters is 1. The molecule has 118 valence electrons. The highest BCUT2D eigenvalue weighted by Gasteiger charge is 2.30. The smallest absolute Gasteiger partial charge is 0.416 e. The molecule has 0 saturated heterocycles. The quantitative estimate of drug-likeness (QED) is 0.654. The number of aromatic nitrogens is 1. The van der Waals surface area contributed by atoms with E-state index in [0.29, 0.717) is 22.2 Å². The minimum absolute atomic E-state index is 0.306. The van der Waals surface area contributed by atoms with E-state index >= 15 is 0 Å². The molecular weight excluding hydrogens is 307 g/mol. The van der Waals surface area contributed by atoms with Crippen LogP contribution >= 0.6 is 0 Å². The Morgan fingerprint density at radius 1 is 1.09 bits per heavy atom. The van der Waals surface area contributed by atoms with Crippen LogP contribution in [0, 0.1) is 0 Å². The summed E-state index contributed by atoms with van der Waals surface area (Å²) in [7, 11) is 1.26. The predicted octanol–water partition coefficient (Wildman–Crippen LogP) is 4.44. The minimum Gasteiger partial charge on any atom is -0.465 e. The summed E-state index contributed by atoms with van der Waals surface area (Å²) in [5.74, 6) is -0.535. The fraction of sp³-hybridized carbons (Fsp3) is 0.118. The van der Waals surface area contributed by atoms with Gasteiger partial charge in [0.05, 0.1) is 23.8 Å². The number of nitrogens with zero attached hydrogens (tertiary/aromatic N) is 1. The third-order valence-corrected chi connectivity index (χ3v) is 3.57. The van der Waals surface area contributed by atoms with Gasteiger partial charge in [-0.1, -0.05) is 24.3 Å². The van der Waals surface area contributed by atoms with E-state index in [4.69, 9.17) is 4.74 Å². The number of fused-ring (bicyclic) bond motifs is 1. The Hall–Kier alpha value is -2.76. The summed E-state index contributed by atoms with van der Waals surface area (Å²) in [4.78, 5) is 11.9. The lowest BCUT2D eigenvalue weighted by molar-refractivity contribution is -0.137. The van der Waals surface area contributed by atoms with Crippen LogP contribution in [-0.2, 0) is 10.9 Å². The highest BCUT2D eigenvalue weighted by Crippen LogP contribution is 2.32. The van der Waals surface area contributed by atoms with E-state index in [9.17, 15) is 18.0 Å². The van der Waals surface area contributed by atoms with Crippen LogP contribution in [0.5, 0.6) is 0 Å². The van der Waals surface area contributed by atoms with Crippen molar-refractivity contribution in [3.05, 3.63) is 65.9 Å². The van der Waals surface area contributed by atoms with Gasteiger partial charge in [0.25, 0.3) is 0 Å². The van der Waals surface area contributed by atoms with E-state index in [-0.39, 0.29) is 0 Å². The number of hydrogen-bond donors (Lipinski definition) is 0. The number of para-hydroxylation sites is 1. The van der Waals surface area contributed by atoms with Gasteiger partial charge in [-0.05, 0) is 24.3 Å². The highest BCUT2D eigenvalue weighted by molar-refractivity contribution is 6.04. The van der Waals surface area contributed by atoms with Gasteiger partial charge in [-0.25, -0.2) is 4.79 Å². The highest BCUT2D eigenvalue weighted by atomic mass is 19.4. The Balaban J connectivity index is 2.23. The Labute approximate surface area is 129 Å². The van der Waals surface area contributed by atoms with E-state index in [0.717, 1.165) is 12.1 Å². The molecule has 0 atom stereocenters. The molecule has 3 nitrogen and oxygen atoms in total. The molecule has 0 aliphatic carbocycles. The lowest BCUT2D eigenvalue weighted by Gasteiger charge is -2.10. The first-order valence-corrected chi connectivity index (χ1v) is 6.78. The van der Waals surface area contributed by atoms with Crippen LogP contribution in [0.25, 0.3) is 16.6 Å². The summed E-state index contributed by atoms with van der Waals surface area (Å²) in [6.07, 6.45) is -2.93. The molecule has 0 bridgehead atoms. The summed E-state index contributed by atoms with van der Waals surface area (Å²) >= 11 is 0. The van der Waals surface area contributed by atoms with Gasteiger partial charge in [0.2, 0.25) is 0 Å². The van der Waals surface area contributed by atoms with E-state index in [1.807, 2.05) is 0 Å². The number of carbonyl (C=O) groups is 1. The van der Waals surface area contributed by atoms with Crippen molar-refractivity contribution >= 4 is 16.9 Å². The van der Waals surface area contributed by atoms with E-state index in [1.54, 1.807) is 34.9 Å². The van der Waals surface area contributed by atoms with Crippen molar-refractivity contribution < 1.29 is 22.7 Å². The fourth-order valence-electron chi connectivity index (χ4n) is 2.50. The molecule has 0 radical (unpaired) electrons. The molecule has 3 rings (SSSR count). The lowest BCUT2D eigenvalue weighted by Crippen LogP contribution is -2.06. The number of benzene rings is 2. The second kappa shape index (κ2) is 5.46. The van der Waals surface area contributed by atoms with Gasteiger partial charge in [0.1, 0.15) is 0 Å². The van der Waals surface area contributed by atoms with Crippen LogP contribution < -0.4 is 0 Å². The summed E-state index contributed by atoms with van der Waals surface area (Å²) in [5.41, 5.74) is 0.520. The van der Waals surface area contributed by atoms with Crippen LogP contribution in [0.15, 0.2) is 54.7 Å². The van der Waals surface area contributed by atoms with E-state index in [2.05, 4.69) is 0 Å². The van der Waals surface area contributed by atoms with Crippen molar-refractivity contribution in [1.29, 1.82) is 0 Å². The SMILES string of the molecule is COC(=O)c1cn(-c2cccc(C(F)(F)F)c2)c2ccccc12. The zero-order valence-electron chi connectivity index (χ0n) is 12.1. The van der Waals surface area contributed by atoms with Crippen molar-refractivity contribution in [3.63, 3.8) is 0 Å². The molecule has 2 aromatic carbocycles. The van der Waals surface area contributed by atoms with Crippen LogP contribution in [0.4, 0.5) is 13.2 Å². The fourth-order valence-corrected chi connectivity index (χ4v) is 2.50. The first kappa shape index (κ1) is 15.1. The molecule has 6 heteroatoms. The van der Waals surface area contributed by atoms with E-state index in [1.165, 1.54) is 19.4 Å². The molecule has 0 amide bonds. The Morgan fingerprint density at radius 3 is 2.52 bits per heavy atom. The van der Waals surface area contributed by atoms with Gasteiger partial charge in [0.15, 0.2) is 0 Å². The van der Waals surface area contributed by atoms with Crippen molar-refractivity contribution in [2.75, 3.05) is 7.11 Å². The zero-order valence-corrected chi connectivity index (χ0v) is 12.1. The standard InChI is InChI=1S/C17H12F3NO2/c1-23-16(22)14-10-21(15-8-3-2-7-13(14)15)12-6-4-5-11(9-12)17(18,19)20/h2-10H,1H3. The summed E-state index contributed by atoms with van der Waals surface area (Å²) < 4.78 is 45.0. The largest absolute Gasteiger partial charge is 0.465 e. The third-order valence-electron chi connectivity index (χ3n) is 3.57. The Kier molecular flexibility index (Phi) is 3.60. The van der Waals surface area contributed by atoms with Crippen LogP contribution in [0.3, 0.4) is 0 Å². The summed E-state index contributed by atoms with van der Waals surface area (Å²) in [5, 5.41) is 0.622. The van der Waals surface area contributed by atoms with Gasteiger partial charge in [-0.15, -0.1) is 0 Å². The van der Waals surface area contributed by atoms with Crippen molar-refractivity contribution in [3.8, 4) is 5.69 Å². The average molecular weight is 319 g/mol. The van der Waals surface area contributed by atoms with Crippen LogP contribution in [0.2, 0.25) is 0 Å². The van der Waals surface area contributed by atoms with Gasteiger partial charge in [0, 0.05) is 17.3 Å². The number of hydrogen-bond acceptors (Lipinski definition) is 2. The second-order valence-corrected chi connectivity index (χ2v) is 4.97. The van der Waals surface area contributed by atoms with Crippen LogP contribution in [0.1, 0.15) is 15.9 Å². The molecule has 0 spiro atoms. The van der Waals surface area contributed by atoms with Gasteiger partial charge >= 0.3 is 12.1 Å². The summed E-state index contributed by atoms with van der Waals surface area (Å²) in [6.45, 7) is 0. The second-order valence-electron chi connectivity index (χ2n) is 4.97. The molecular formula is C17H12F3NO2. The molecule has 3 aromatic rings. The summed E-state index contributed by atoms with van der Waals surface area (Å²) in [6, 6.07) is 11.9. The van der Waals surface area contributed by atoms with Crippen molar-refractivity contribution in [1.82, 2.24) is 4.57 Å². The molecule has 0 aliphatic rings. The number of ether oxygens (including phenoxy) is 1. The van der Waals surface area contributed by atoms with Crippen LogP contribution in [-0.4, -0.2) is 17.6 Å². The maximum Gasteiger partial charge on any atom is 0.416 e. The number of alkyl halides is 3. The third kappa shape index (κ3) is 2.67. The number of carbonyl (C=O) groups excluding carboxylic acids is 1. The van der Waals surface area contributed by atoms with Gasteiger partial charge < -0.3 is 9.30 Å². The Bertz CT molecular complexity index is 881. The Morgan fingerprint density at radius 2 is 1.83 bits per heavy atom. The van der Waals surface area contributed by atoms with Gasteiger partial charge in [-0.3, -0.25) is 0 Å². The predicted molar refractivity (Wildman–Crippen MR) is 79.6 cm³/mol. The molecule has 1 heterocycles. The first-order valence-electron chi connectivity index (χ1n) is 6.78. The number of halogens is 3. The van der Waals surface area contributed by atoms with E-state index < -0.39 is 17.7 Å². The van der Waals surface area contributed by atoms with Gasteiger partial charge in [-0.2, -0.15) is 13.2 Å². The lowest BCUT2D eigenvalue weighted by atomic mass is 10.2. The molecule has 0 unspecified atom stereocenters. The maximum absolute atomic E-state index is 12.9. The molecule has 0 fully saturated rings. The molecule has 1 aromatic heterocycles. The maximum atomic E-state index is 12.9. The first-order chi connectivity index (χ1) is 10.9. The number of rotatable bonds is 2. The normalized spacial score (nSPS) is 11.7. The molecule has 0 saturated carbocycles. The monoisotopic (exact) mass is 319 g/mol. The minimum atomic E-state index is -4.43. The van der Waals surface area contributed by atoms with Crippen molar-refractivity contribution in [2.45, 2.75) is 6.18 Å². The molecule has 0 aliphatic heterocycles. The molecule has 23 heavy (non-hydrogen) atoms. The zero-order chi connectivity index (χ0) is 16.6. The molecule has 0 N–H and O–H groups in total. The topological polar surface area (TPSA) is 31.2 Å². The number of methoxy groups -OCH3 is 1.